The molecule has 0 saturated heterocycles. The summed E-state index contributed by atoms with van der Waals surface area (Å²) in [5, 5.41) is 3.34. The normalized spacial score (nSPS) is 11.4. The van der Waals surface area contributed by atoms with Gasteiger partial charge in [-0.05, 0) is 12.0 Å². The van der Waals surface area contributed by atoms with Crippen molar-refractivity contribution in [1.82, 2.24) is 19.9 Å². The van der Waals surface area contributed by atoms with Crippen molar-refractivity contribution in [3.63, 3.8) is 0 Å². The lowest BCUT2D eigenvalue weighted by Gasteiger charge is -2.24. The molecule has 0 fully saturated rings. The van der Waals surface area contributed by atoms with Crippen LogP contribution in [0.4, 0.5) is 18.0 Å². The van der Waals surface area contributed by atoms with Crippen LogP contribution in [-0.2, 0) is 12.7 Å². The Bertz CT molecular complexity index is 713. The Morgan fingerprint density at radius 1 is 1.16 bits per heavy atom. The highest BCUT2D eigenvalue weighted by Crippen LogP contribution is 2.29. The van der Waals surface area contributed by atoms with Crippen molar-refractivity contribution >= 4 is 6.03 Å². The third kappa shape index (κ3) is 4.71. The van der Waals surface area contributed by atoms with Gasteiger partial charge in [0.15, 0.2) is 0 Å². The van der Waals surface area contributed by atoms with Gasteiger partial charge in [-0.2, -0.15) is 18.2 Å². The highest BCUT2D eigenvalue weighted by molar-refractivity contribution is 5.73. The summed E-state index contributed by atoms with van der Waals surface area (Å²) in [4.78, 5) is 18.7. The standard InChI is InChI=1S/C16H19F3N4O2/c1-4-9-22(2)15(24)23(3)10-11-5-7-12(8-6-11)13-20-14(25-21-13)16(17,18)19/h5-8H,4,9-10H2,1-3H3. The number of benzene rings is 1. The Hall–Kier alpha value is -2.58. The minimum Gasteiger partial charge on any atom is -0.329 e. The monoisotopic (exact) mass is 356 g/mol. The van der Waals surface area contributed by atoms with Gasteiger partial charge in [-0.15, -0.1) is 0 Å². The minimum absolute atomic E-state index is 0.0982. The van der Waals surface area contributed by atoms with Crippen molar-refractivity contribution in [3.8, 4) is 11.4 Å². The third-order valence-electron chi connectivity index (χ3n) is 3.51. The molecule has 2 aromatic rings. The Kier molecular flexibility index (Phi) is 5.66. The molecule has 0 atom stereocenters. The van der Waals surface area contributed by atoms with E-state index in [0.29, 0.717) is 18.7 Å². The second-order valence-electron chi connectivity index (χ2n) is 5.68. The number of hydrogen-bond donors (Lipinski definition) is 0. The van der Waals surface area contributed by atoms with Crippen LogP contribution >= 0.6 is 0 Å². The van der Waals surface area contributed by atoms with Crippen LogP contribution in [0.25, 0.3) is 11.4 Å². The smallest absolute Gasteiger partial charge is 0.329 e. The van der Waals surface area contributed by atoms with Crippen LogP contribution in [0.15, 0.2) is 28.8 Å². The van der Waals surface area contributed by atoms with E-state index >= 15 is 0 Å². The zero-order valence-electron chi connectivity index (χ0n) is 14.2. The maximum absolute atomic E-state index is 12.5. The molecule has 136 valence electrons. The molecule has 0 spiro atoms. The van der Waals surface area contributed by atoms with E-state index < -0.39 is 12.1 Å². The number of amides is 2. The number of carbonyl (C=O) groups is 1. The molecule has 1 aromatic heterocycles. The molecule has 2 amide bonds. The lowest BCUT2D eigenvalue weighted by molar-refractivity contribution is -0.159. The van der Waals surface area contributed by atoms with Crippen molar-refractivity contribution in [2.45, 2.75) is 26.1 Å². The number of rotatable bonds is 5. The number of urea groups is 1. The summed E-state index contributed by atoms with van der Waals surface area (Å²) in [7, 11) is 3.43. The van der Waals surface area contributed by atoms with Gasteiger partial charge in [0.05, 0.1) is 0 Å². The minimum atomic E-state index is -4.67. The lowest BCUT2D eigenvalue weighted by Crippen LogP contribution is -2.38. The van der Waals surface area contributed by atoms with Gasteiger partial charge in [0.25, 0.3) is 0 Å². The van der Waals surface area contributed by atoms with E-state index in [-0.39, 0.29) is 11.9 Å². The van der Waals surface area contributed by atoms with Crippen LogP contribution < -0.4 is 0 Å². The first-order chi connectivity index (χ1) is 11.7. The maximum atomic E-state index is 12.5. The largest absolute Gasteiger partial charge is 0.471 e. The van der Waals surface area contributed by atoms with Crippen LogP contribution in [0.5, 0.6) is 0 Å². The summed E-state index contributed by atoms with van der Waals surface area (Å²) in [5.74, 6) is -1.51. The number of halogens is 3. The first-order valence-corrected chi connectivity index (χ1v) is 7.68. The molecular formula is C16H19F3N4O2. The topological polar surface area (TPSA) is 62.5 Å². The van der Waals surface area contributed by atoms with Gasteiger partial charge in [-0.1, -0.05) is 36.3 Å². The van der Waals surface area contributed by atoms with E-state index in [1.807, 2.05) is 6.92 Å². The van der Waals surface area contributed by atoms with Crippen molar-refractivity contribution < 1.29 is 22.5 Å². The Labute approximate surface area is 143 Å². The maximum Gasteiger partial charge on any atom is 0.471 e. The van der Waals surface area contributed by atoms with E-state index in [1.54, 1.807) is 48.2 Å². The third-order valence-corrected chi connectivity index (χ3v) is 3.51. The average Bonchev–Trinajstić information content (AvgIpc) is 3.05. The SMILES string of the molecule is CCCN(C)C(=O)N(C)Cc1ccc(-c2noc(C(F)(F)F)n2)cc1. The highest BCUT2D eigenvalue weighted by atomic mass is 19.4. The van der Waals surface area contributed by atoms with E-state index in [4.69, 9.17) is 0 Å². The van der Waals surface area contributed by atoms with Gasteiger partial charge in [0, 0.05) is 32.7 Å². The molecular weight excluding hydrogens is 337 g/mol. The number of carbonyl (C=O) groups excluding carboxylic acids is 1. The molecule has 0 aliphatic rings. The second kappa shape index (κ2) is 7.54. The van der Waals surface area contributed by atoms with Gasteiger partial charge in [-0.25, -0.2) is 4.79 Å². The summed E-state index contributed by atoms with van der Waals surface area (Å²) < 4.78 is 41.7. The summed E-state index contributed by atoms with van der Waals surface area (Å²) >= 11 is 0. The number of aromatic nitrogens is 2. The lowest BCUT2D eigenvalue weighted by atomic mass is 10.1. The quantitative estimate of drug-likeness (QED) is 0.820. The average molecular weight is 356 g/mol. The van der Waals surface area contributed by atoms with Gasteiger partial charge in [0.2, 0.25) is 5.82 Å². The van der Waals surface area contributed by atoms with Crippen LogP contribution in [0, 0.1) is 0 Å². The highest BCUT2D eigenvalue weighted by Gasteiger charge is 2.38. The van der Waals surface area contributed by atoms with Crippen LogP contribution in [0.1, 0.15) is 24.8 Å². The predicted molar refractivity (Wildman–Crippen MR) is 84.5 cm³/mol. The molecule has 2 rings (SSSR count). The van der Waals surface area contributed by atoms with Gasteiger partial charge in [-0.3, -0.25) is 0 Å². The first kappa shape index (κ1) is 18.8. The number of nitrogens with zero attached hydrogens (tertiary/aromatic N) is 4. The van der Waals surface area contributed by atoms with E-state index in [0.717, 1.165) is 12.0 Å². The molecule has 0 N–H and O–H groups in total. The van der Waals surface area contributed by atoms with Crippen molar-refractivity contribution in [2.24, 2.45) is 0 Å². The fourth-order valence-corrected chi connectivity index (χ4v) is 2.28. The molecule has 0 bridgehead atoms. The zero-order chi connectivity index (χ0) is 18.6. The molecule has 0 aliphatic carbocycles. The zero-order valence-corrected chi connectivity index (χ0v) is 14.2. The molecule has 1 aromatic carbocycles. The molecule has 0 saturated carbocycles. The summed E-state index contributed by atoms with van der Waals surface area (Å²) in [6.07, 6.45) is -3.80. The van der Waals surface area contributed by atoms with Crippen LogP contribution in [-0.4, -0.2) is 46.6 Å². The molecule has 6 nitrogen and oxygen atoms in total. The predicted octanol–water partition coefficient (Wildman–Crippen LogP) is 3.65. The molecule has 0 unspecified atom stereocenters. The fourth-order valence-electron chi connectivity index (χ4n) is 2.28. The molecule has 25 heavy (non-hydrogen) atoms. The molecule has 0 aliphatic heterocycles. The van der Waals surface area contributed by atoms with E-state index in [2.05, 4.69) is 14.7 Å². The molecule has 9 heteroatoms. The Morgan fingerprint density at radius 2 is 1.80 bits per heavy atom. The van der Waals surface area contributed by atoms with E-state index in [9.17, 15) is 18.0 Å². The summed E-state index contributed by atoms with van der Waals surface area (Å²) in [6, 6.07) is 6.51. The summed E-state index contributed by atoms with van der Waals surface area (Å²) in [5.41, 5.74) is 1.24. The Morgan fingerprint density at radius 3 is 2.32 bits per heavy atom. The van der Waals surface area contributed by atoms with Crippen LogP contribution in [0.3, 0.4) is 0 Å². The van der Waals surface area contributed by atoms with Gasteiger partial charge >= 0.3 is 18.1 Å². The van der Waals surface area contributed by atoms with Gasteiger partial charge in [0.1, 0.15) is 0 Å². The fraction of sp³-hybridized carbons (Fsp3) is 0.438. The Balaban J connectivity index is 2.05. The second-order valence-corrected chi connectivity index (χ2v) is 5.68. The molecule has 0 radical (unpaired) electrons. The molecule has 1 heterocycles. The van der Waals surface area contributed by atoms with Crippen molar-refractivity contribution in [3.05, 3.63) is 35.7 Å². The van der Waals surface area contributed by atoms with Gasteiger partial charge < -0.3 is 14.3 Å². The number of alkyl halides is 3. The van der Waals surface area contributed by atoms with Crippen molar-refractivity contribution in [1.29, 1.82) is 0 Å². The van der Waals surface area contributed by atoms with Crippen molar-refractivity contribution in [2.75, 3.05) is 20.6 Å². The number of hydrogen-bond acceptors (Lipinski definition) is 4. The summed E-state index contributed by atoms with van der Waals surface area (Å²) in [6.45, 7) is 3.04. The van der Waals surface area contributed by atoms with E-state index in [1.165, 1.54) is 0 Å². The van der Waals surface area contributed by atoms with Crippen LogP contribution in [0.2, 0.25) is 0 Å². The first-order valence-electron chi connectivity index (χ1n) is 7.68.